The van der Waals surface area contributed by atoms with Crippen molar-refractivity contribution in [3.63, 3.8) is 0 Å². The topological polar surface area (TPSA) is 66.6 Å². The molecule has 0 spiro atoms. The van der Waals surface area contributed by atoms with Crippen LogP contribution in [0.2, 0.25) is 5.02 Å². The molecule has 0 aliphatic heterocycles. The van der Waals surface area contributed by atoms with Gasteiger partial charge >= 0.3 is 0 Å². The van der Waals surface area contributed by atoms with E-state index in [4.69, 9.17) is 17.3 Å². The lowest BCUT2D eigenvalue weighted by atomic mass is 10.3. The van der Waals surface area contributed by atoms with Gasteiger partial charge in [0.2, 0.25) is 10.0 Å². The van der Waals surface area contributed by atoms with Gasteiger partial charge in [-0.25, -0.2) is 8.42 Å². The summed E-state index contributed by atoms with van der Waals surface area (Å²) in [5.41, 5.74) is 5.87. The van der Waals surface area contributed by atoms with Gasteiger partial charge in [-0.1, -0.05) is 11.6 Å². The molecule has 5 nitrogen and oxygen atoms in total. The van der Waals surface area contributed by atoms with Crippen LogP contribution in [0.5, 0.6) is 0 Å². The Labute approximate surface area is 113 Å². The molecule has 18 heavy (non-hydrogen) atoms. The van der Waals surface area contributed by atoms with Crippen LogP contribution in [0.15, 0.2) is 23.1 Å². The fourth-order valence-corrected chi connectivity index (χ4v) is 2.82. The van der Waals surface area contributed by atoms with E-state index in [1.165, 1.54) is 29.6 Å². The SMILES string of the molecule is CN(C)CCN(C)S(=O)(=O)c1ccc(Cl)cc1N. The zero-order chi connectivity index (χ0) is 13.9. The normalized spacial score (nSPS) is 12.3. The van der Waals surface area contributed by atoms with Gasteiger partial charge in [0.25, 0.3) is 0 Å². The fraction of sp³-hybridized carbons (Fsp3) is 0.455. The third-order valence-corrected chi connectivity index (χ3v) is 4.69. The number of rotatable bonds is 5. The van der Waals surface area contributed by atoms with Crippen molar-refractivity contribution in [3.05, 3.63) is 23.2 Å². The molecule has 0 aromatic heterocycles. The van der Waals surface area contributed by atoms with Gasteiger partial charge in [0.1, 0.15) is 4.90 Å². The molecule has 0 saturated carbocycles. The number of halogens is 1. The van der Waals surface area contributed by atoms with Crippen LogP contribution in [0.1, 0.15) is 0 Å². The smallest absolute Gasteiger partial charge is 0.244 e. The Balaban J connectivity index is 2.98. The molecule has 1 aromatic rings. The molecule has 0 radical (unpaired) electrons. The molecule has 0 aliphatic rings. The van der Waals surface area contributed by atoms with Crippen LogP contribution < -0.4 is 5.73 Å². The first kappa shape index (κ1) is 15.2. The molecule has 2 N–H and O–H groups in total. The summed E-state index contributed by atoms with van der Waals surface area (Å²) in [7, 11) is 1.75. The second kappa shape index (κ2) is 5.88. The van der Waals surface area contributed by atoms with Gasteiger partial charge in [0.05, 0.1) is 5.69 Å². The van der Waals surface area contributed by atoms with E-state index < -0.39 is 10.0 Å². The Morgan fingerprint density at radius 3 is 2.33 bits per heavy atom. The summed E-state index contributed by atoms with van der Waals surface area (Å²) in [5.74, 6) is 0. The molecule has 102 valence electrons. The standard InChI is InChI=1S/C11H18ClN3O2S/c1-14(2)6-7-15(3)18(16,17)11-5-4-9(12)8-10(11)13/h4-5,8H,6-7,13H2,1-3H3. The molecule has 0 atom stereocenters. The maximum Gasteiger partial charge on any atom is 0.244 e. The first-order valence-electron chi connectivity index (χ1n) is 5.41. The molecule has 1 aromatic carbocycles. The monoisotopic (exact) mass is 291 g/mol. The number of nitrogen functional groups attached to an aromatic ring is 1. The van der Waals surface area contributed by atoms with Crippen molar-refractivity contribution in [2.75, 3.05) is 40.0 Å². The third-order valence-electron chi connectivity index (χ3n) is 2.52. The summed E-state index contributed by atoms with van der Waals surface area (Å²) in [6.07, 6.45) is 0. The number of hydrogen-bond donors (Lipinski definition) is 1. The summed E-state index contributed by atoms with van der Waals surface area (Å²) in [4.78, 5) is 2.00. The van der Waals surface area contributed by atoms with E-state index >= 15 is 0 Å². The predicted octanol–water partition coefficient (Wildman–Crippen LogP) is 1.10. The molecule has 0 amide bonds. The molecule has 0 fully saturated rings. The minimum absolute atomic E-state index is 0.0909. The lowest BCUT2D eigenvalue weighted by molar-refractivity contribution is 0.358. The molecule has 0 unspecified atom stereocenters. The minimum atomic E-state index is -3.56. The van der Waals surface area contributed by atoms with Crippen molar-refractivity contribution >= 4 is 27.3 Å². The van der Waals surface area contributed by atoms with E-state index in [1.807, 2.05) is 19.0 Å². The molecule has 0 bridgehead atoms. The van der Waals surface area contributed by atoms with Gasteiger partial charge < -0.3 is 10.6 Å². The summed E-state index contributed by atoms with van der Waals surface area (Å²) >= 11 is 5.75. The molecule has 0 saturated heterocycles. The van der Waals surface area contributed by atoms with Crippen molar-refractivity contribution in [2.45, 2.75) is 4.90 Å². The third kappa shape index (κ3) is 3.58. The van der Waals surface area contributed by atoms with Crippen molar-refractivity contribution in [1.82, 2.24) is 9.21 Å². The second-order valence-electron chi connectivity index (χ2n) is 4.31. The Morgan fingerprint density at radius 2 is 1.83 bits per heavy atom. The van der Waals surface area contributed by atoms with Gasteiger partial charge in [0.15, 0.2) is 0 Å². The van der Waals surface area contributed by atoms with Gasteiger partial charge in [-0.3, -0.25) is 0 Å². The second-order valence-corrected chi connectivity index (χ2v) is 6.76. The van der Waals surface area contributed by atoms with Gasteiger partial charge in [-0.2, -0.15) is 4.31 Å². The van der Waals surface area contributed by atoms with Gasteiger partial charge in [-0.05, 0) is 32.3 Å². The largest absolute Gasteiger partial charge is 0.398 e. The summed E-state index contributed by atoms with van der Waals surface area (Å²) in [5, 5.41) is 0.419. The molecule has 0 heterocycles. The summed E-state index contributed by atoms with van der Waals surface area (Å²) < 4.78 is 25.8. The van der Waals surface area contributed by atoms with E-state index in [-0.39, 0.29) is 10.6 Å². The highest BCUT2D eigenvalue weighted by molar-refractivity contribution is 7.89. The van der Waals surface area contributed by atoms with Crippen LogP contribution in [0, 0.1) is 0 Å². The zero-order valence-corrected chi connectivity index (χ0v) is 12.3. The van der Waals surface area contributed by atoms with Gasteiger partial charge in [0, 0.05) is 25.2 Å². The number of sulfonamides is 1. The van der Waals surface area contributed by atoms with Crippen LogP contribution in [0.4, 0.5) is 5.69 Å². The fourth-order valence-electron chi connectivity index (χ4n) is 1.38. The number of likely N-dealkylation sites (N-methyl/N-ethyl adjacent to an activating group) is 2. The van der Waals surface area contributed by atoms with Crippen LogP contribution >= 0.6 is 11.6 Å². The summed E-state index contributed by atoms with van der Waals surface area (Å²) in [6, 6.07) is 4.39. The number of nitrogens with zero attached hydrogens (tertiary/aromatic N) is 2. The number of benzene rings is 1. The van der Waals surface area contributed by atoms with E-state index in [0.717, 1.165) is 0 Å². The highest BCUT2D eigenvalue weighted by atomic mass is 35.5. The minimum Gasteiger partial charge on any atom is -0.398 e. The van der Waals surface area contributed by atoms with Crippen molar-refractivity contribution < 1.29 is 8.42 Å². The molecular formula is C11H18ClN3O2S. The Kier molecular flexibility index (Phi) is 4.98. The maximum atomic E-state index is 12.3. The van der Waals surface area contributed by atoms with E-state index in [0.29, 0.717) is 18.1 Å². The Morgan fingerprint density at radius 1 is 1.22 bits per heavy atom. The summed E-state index contributed by atoms with van der Waals surface area (Å²) in [6.45, 7) is 1.04. The number of hydrogen-bond acceptors (Lipinski definition) is 4. The molecule has 0 aliphatic carbocycles. The van der Waals surface area contributed by atoms with Gasteiger partial charge in [-0.15, -0.1) is 0 Å². The van der Waals surface area contributed by atoms with Crippen molar-refractivity contribution in [3.8, 4) is 0 Å². The quantitative estimate of drug-likeness (QED) is 0.825. The van der Waals surface area contributed by atoms with Crippen LogP contribution in [-0.4, -0.2) is 51.9 Å². The number of anilines is 1. The average molecular weight is 292 g/mol. The first-order valence-corrected chi connectivity index (χ1v) is 7.23. The van der Waals surface area contributed by atoms with Crippen LogP contribution in [-0.2, 0) is 10.0 Å². The molecule has 7 heteroatoms. The average Bonchev–Trinajstić information content (AvgIpc) is 2.24. The zero-order valence-electron chi connectivity index (χ0n) is 10.7. The maximum absolute atomic E-state index is 12.3. The Hall–Kier alpha value is -0.820. The van der Waals surface area contributed by atoms with E-state index in [9.17, 15) is 8.42 Å². The molecule has 1 rings (SSSR count). The van der Waals surface area contributed by atoms with Crippen LogP contribution in [0.3, 0.4) is 0 Å². The van der Waals surface area contributed by atoms with Crippen molar-refractivity contribution in [2.24, 2.45) is 0 Å². The predicted molar refractivity (Wildman–Crippen MR) is 74.2 cm³/mol. The van der Waals surface area contributed by atoms with Crippen LogP contribution in [0.25, 0.3) is 0 Å². The Bertz CT molecular complexity index is 517. The van der Waals surface area contributed by atoms with E-state index in [1.54, 1.807) is 0 Å². The van der Waals surface area contributed by atoms with Crippen molar-refractivity contribution in [1.29, 1.82) is 0 Å². The lowest BCUT2D eigenvalue weighted by Crippen LogP contribution is -2.33. The first-order chi connectivity index (χ1) is 8.25. The lowest BCUT2D eigenvalue weighted by Gasteiger charge is -2.20. The van der Waals surface area contributed by atoms with E-state index in [2.05, 4.69) is 0 Å². The molecular weight excluding hydrogens is 274 g/mol. The highest BCUT2D eigenvalue weighted by Gasteiger charge is 2.23. The highest BCUT2D eigenvalue weighted by Crippen LogP contribution is 2.24. The number of nitrogens with two attached hydrogens (primary N) is 1.